The molecule has 0 aromatic heterocycles. The zero-order chi connectivity index (χ0) is 17.7. The Morgan fingerprint density at radius 1 is 1.17 bits per heavy atom. The van der Waals surface area contributed by atoms with E-state index in [9.17, 15) is 18.0 Å². The van der Waals surface area contributed by atoms with E-state index in [0.717, 1.165) is 0 Å². The van der Waals surface area contributed by atoms with Crippen molar-refractivity contribution in [3.8, 4) is 11.5 Å². The predicted octanol–water partition coefficient (Wildman–Crippen LogP) is 2.22. The van der Waals surface area contributed by atoms with Gasteiger partial charge in [0.1, 0.15) is 0 Å². The molecule has 0 spiro atoms. The minimum absolute atomic E-state index is 0.0373. The number of para-hydroxylation sites is 2. The second kappa shape index (κ2) is 7.74. The minimum atomic E-state index is -4.43. The Balaban J connectivity index is 1.93. The van der Waals surface area contributed by atoms with E-state index in [-0.39, 0.29) is 36.1 Å². The van der Waals surface area contributed by atoms with E-state index in [1.165, 1.54) is 12.1 Å². The highest BCUT2D eigenvalue weighted by atomic mass is 19.4. The van der Waals surface area contributed by atoms with Crippen LogP contribution in [0.3, 0.4) is 0 Å². The molecular weight excluding hydrogens is 325 g/mol. The maximum absolute atomic E-state index is 12.3. The summed E-state index contributed by atoms with van der Waals surface area (Å²) in [5.74, 6) is -0.128. The number of carbonyl (C=O) groups is 1. The fraction of sp³-hybridized carbons (Fsp3) is 0.562. The molecule has 1 heterocycles. The number of hydrogen-bond donors (Lipinski definition) is 1. The van der Waals surface area contributed by atoms with Crippen LogP contribution in [-0.4, -0.2) is 55.4 Å². The fourth-order valence-corrected chi connectivity index (χ4v) is 2.61. The molecule has 0 aliphatic carbocycles. The van der Waals surface area contributed by atoms with Gasteiger partial charge in [0.15, 0.2) is 24.7 Å². The lowest BCUT2D eigenvalue weighted by atomic mass is 10.1. The second-order valence-corrected chi connectivity index (χ2v) is 5.91. The molecule has 1 amide bonds. The van der Waals surface area contributed by atoms with Gasteiger partial charge in [-0.05, 0) is 26.0 Å². The molecule has 0 saturated carbocycles. The van der Waals surface area contributed by atoms with Crippen LogP contribution in [-0.2, 0) is 4.79 Å². The van der Waals surface area contributed by atoms with E-state index in [2.05, 4.69) is 5.32 Å². The third-order valence-electron chi connectivity index (χ3n) is 3.50. The summed E-state index contributed by atoms with van der Waals surface area (Å²) in [4.78, 5) is 13.9. The van der Waals surface area contributed by atoms with Crippen LogP contribution in [0.2, 0.25) is 0 Å². The highest BCUT2D eigenvalue weighted by Gasteiger charge is 2.29. The van der Waals surface area contributed by atoms with Crippen molar-refractivity contribution < 1.29 is 27.4 Å². The molecule has 1 N–H and O–H groups in total. The smallest absolute Gasteiger partial charge is 0.422 e. The van der Waals surface area contributed by atoms with E-state index in [0.29, 0.717) is 13.1 Å². The Morgan fingerprint density at radius 3 is 2.25 bits per heavy atom. The molecule has 24 heavy (non-hydrogen) atoms. The number of halogens is 3. The number of ether oxygens (including phenoxy) is 2. The van der Waals surface area contributed by atoms with Crippen molar-refractivity contribution in [1.82, 2.24) is 10.2 Å². The summed E-state index contributed by atoms with van der Waals surface area (Å²) >= 11 is 0. The summed E-state index contributed by atoms with van der Waals surface area (Å²) in [6.45, 7) is 3.45. The van der Waals surface area contributed by atoms with Crippen LogP contribution in [0.15, 0.2) is 24.3 Å². The Hall–Kier alpha value is -1.96. The van der Waals surface area contributed by atoms with Crippen LogP contribution < -0.4 is 14.8 Å². The van der Waals surface area contributed by atoms with Gasteiger partial charge in [-0.25, -0.2) is 0 Å². The molecule has 2 unspecified atom stereocenters. The molecule has 1 aliphatic rings. The van der Waals surface area contributed by atoms with Crippen LogP contribution in [0.1, 0.15) is 13.8 Å². The predicted molar refractivity (Wildman–Crippen MR) is 82.1 cm³/mol. The number of hydrogen-bond acceptors (Lipinski definition) is 4. The van der Waals surface area contributed by atoms with Crippen molar-refractivity contribution in [2.45, 2.75) is 32.1 Å². The molecule has 1 saturated heterocycles. The summed E-state index contributed by atoms with van der Waals surface area (Å²) in [5, 5.41) is 3.32. The summed E-state index contributed by atoms with van der Waals surface area (Å²) < 4.78 is 46.9. The number of benzene rings is 1. The molecule has 1 fully saturated rings. The lowest BCUT2D eigenvalue weighted by molar-refractivity contribution is -0.153. The van der Waals surface area contributed by atoms with Crippen molar-refractivity contribution in [3.05, 3.63) is 24.3 Å². The number of nitrogens with one attached hydrogen (secondary N) is 1. The normalized spacial score (nSPS) is 21.5. The Kier molecular flexibility index (Phi) is 5.93. The fourth-order valence-electron chi connectivity index (χ4n) is 2.61. The Labute approximate surface area is 138 Å². The number of piperazine rings is 1. The average Bonchev–Trinajstić information content (AvgIpc) is 2.49. The van der Waals surface area contributed by atoms with Gasteiger partial charge in [-0.15, -0.1) is 0 Å². The first-order chi connectivity index (χ1) is 11.2. The molecule has 8 heteroatoms. The van der Waals surface area contributed by atoms with E-state index in [1.807, 2.05) is 13.8 Å². The van der Waals surface area contributed by atoms with Crippen molar-refractivity contribution >= 4 is 5.91 Å². The lowest BCUT2D eigenvalue weighted by Crippen LogP contribution is -2.56. The molecule has 2 atom stereocenters. The number of amides is 1. The van der Waals surface area contributed by atoms with Gasteiger partial charge in [-0.1, -0.05) is 12.1 Å². The molecule has 1 aliphatic heterocycles. The van der Waals surface area contributed by atoms with Crippen LogP contribution in [0, 0.1) is 0 Å². The van der Waals surface area contributed by atoms with Crippen molar-refractivity contribution in [2.24, 2.45) is 0 Å². The van der Waals surface area contributed by atoms with E-state index in [1.54, 1.807) is 17.0 Å². The largest absolute Gasteiger partial charge is 0.480 e. The summed E-state index contributed by atoms with van der Waals surface area (Å²) in [6, 6.07) is 6.36. The van der Waals surface area contributed by atoms with Gasteiger partial charge in [0.25, 0.3) is 5.91 Å². The molecule has 134 valence electrons. The quantitative estimate of drug-likeness (QED) is 0.888. The van der Waals surface area contributed by atoms with Gasteiger partial charge < -0.3 is 19.7 Å². The lowest BCUT2D eigenvalue weighted by Gasteiger charge is -2.36. The minimum Gasteiger partial charge on any atom is -0.480 e. The van der Waals surface area contributed by atoms with Gasteiger partial charge in [0.05, 0.1) is 0 Å². The Morgan fingerprint density at radius 2 is 1.71 bits per heavy atom. The third kappa shape index (κ3) is 5.59. The molecular formula is C16H21F3N2O3. The first-order valence-corrected chi connectivity index (χ1v) is 7.70. The molecule has 0 bridgehead atoms. The van der Waals surface area contributed by atoms with Gasteiger partial charge in [0.2, 0.25) is 0 Å². The highest BCUT2D eigenvalue weighted by molar-refractivity contribution is 5.78. The summed E-state index contributed by atoms with van der Waals surface area (Å²) in [7, 11) is 0. The molecule has 0 radical (unpaired) electrons. The van der Waals surface area contributed by atoms with Gasteiger partial charge >= 0.3 is 6.18 Å². The van der Waals surface area contributed by atoms with Gasteiger partial charge in [-0.2, -0.15) is 13.2 Å². The SMILES string of the molecule is CC1CN(C(=O)COc2ccccc2OCC(F)(F)F)CC(C)N1. The molecule has 1 aromatic carbocycles. The average molecular weight is 346 g/mol. The van der Waals surface area contributed by atoms with Gasteiger partial charge in [0, 0.05) is 25.2 Å². The van der Waals surface area contributed by atoms with Crippen LogP contribution in [0.5, 0.6) is 11.5 Å². The number of nitrogens with zero attached hydrogens (tertiary/aromatic N) is 1. The summed E-state index contributed by atoms with van der Waals surface area (Å²) in [5.41, 5.74) is 0. The molecule has 1 aromatic rings. The zero-order valence-corrected chi connectivity index (χ0v) is 13.6. The highest BCUT2D eigenvalue weighted by Crippen LogP contribution is 2.28. The topological polar surface area (TPSA) is 50.8 Å². The maximum atomic E-state index is 12.3. The molecule has 2 rings (SSSR count). The zero-order valence-electron chi connectivity index (χ0n) is 13.6. The number of rotatable bonds is 5. The van der Waals surface area contributed by atoms with Crippen LogP contribution in [0.4, 0.5) is 13.2 Å². The summed E-state index contributed by atoms with van der Waals surface area (Å²) in [6.07, 6.45) is -4.43. The number of carbonyl (C=O) groups excluding carboxylic acids is 1. The second-order valence-electron chi connectivity index (χ2n) is 5.91. The van der Waals surface area contributed by atoms with E-state index < -0.39 is 12.8 Å². The van der Waals surface area contributed by atoms with E-state index >= 15 is 0 Å². The monoisotopic (exact) mass is 346 g/mol. The maximum Gasteiger partial charge on any atom is 0.422 e. The molecule has 5 nitrogen and oxygen atoms in total. The van der Waals surface area contributed by atoms with Crippen molar-refractivity contribution in [1.29, 1.82) is 0 Å². The Bertz CT molecular complexity index is 556. The van der Waals surface area contributed by atoms with Gasteiger partial charge in [-0.3, -0.25) is 4.79 Å². The number of alkyl halides is 3. The first kappa shape index (κ1) is 18.4. The standard InChI is InChI=1S/C16H21F3N2O3/c1-11-7-21(8-12(2)20-11)15(22)9-23-13-5-3-4-6-14(13)24-10-16(17,18)19/h3-6,11-12,20H,7-10H2,1-2H3. The van der Waals surface area contributed by atoms with Crippen molar-refractivity contribution in [2.75, 3.05) is 26.3 Å². The van der Waals surface area contributed by atoms with Crippen LogP contribution >= 0.6 is 0 Å². The van der Waals surface area contributed by atoms with E-state index in [4.69, 9.17) is 9.47 Å². The van der Waals surface area contributed by atoms with Crippen LogP contribution in [0.25, 0.3) is 0 Å². The van der Waals surface area contributed by atoms with Crippen molar-refractivity contribution in [3.63, 3.8) is 0 Å². The third-order valence-corrected chi connectivity index (χ3v) is 3.50. The first-order valence-electron chi connectivity index (χ1n) is 7.70.